The van der Waals surface area contributed by atoms with Crippen LogP contribution >= 0.6 is 0 Å². The number of pyridine rings is 1. The average molecular weight is 205 g/mol. The van der Waals surface area contributed by atoms with Crippen molar-refractivity contribution in [2.75, 3.05) is 0 Å². The summed E-state index contributed by atoms with van der Waals surface area (Å²) in [6.45, 7) is 0.690. The number of aromatic nitrogens is 3. The van der Waals surface area contributed by atoms with Crippen molar-refractivity contribution in [2.24, 2.45) is 0 Å². The zero-order valence-corrected chi connectivity index (χ0v) is 8.13. The number of imidazole rings is 1. The van der Waals surface area contributed by atoms with Gasteiger partial charge in [-0.2, -0.15) is 0 Å². The first kappa shape index (κ1) is 9.64. The molecule has 78 valence electrons. The van der Waals surface area contributed by atoms with Crippen LogP contribution in [0.3, 0.4) is 0 Å². The number of aryl methyl sites for hydroxylation is 1. The van der Waals surface area contributed by atoms with Crippen LogP contribution in [0.15, 0.2) is 24.8 Å². The van der Waals surface area contributed by atoms with Crippen LogP contribution in [0.2, 0.25) is 0 Å². The van der Waals surface area contributed by atoms with E-state index in [0.29, 0.717) is 13.0 Å². The first-order chi connectivity index (χ1) is 7.25. The number of aliphatic carboxylic acids is 1. The number of hydrogen-bond donors (Lipinski definition) is 1. The molecule has 2 aliphatic rings. The predicted octanol–water partition coefficient (Wildman–Crippen LogP) is 1.25. The SMILES string of the molecule is O=C(O)CCCn1ccc2ncnc-2c1. The molecule has 0 aromatic rings. The molecule has 1 N–H and O–H groups in total. The van der Waals surface area contributed by atoms with Gasteiger partial charge in [-0.3, -0.25) is 4.79 Å². The minimum Gasteiger partial charge on any atom is -0.481 e. The lowest BCUT2D eigenvalue weighted by Gasteiger charge is -2.06. The zero-order valence-electron chi connectivity index (χ0n) is 8.13. The Labute approximate surface area is 86.7 Å². The van der Waals surface area contributed by atoms with Crippen molar-refractivity contribution < 1.29 is 9.90 Å². The highest BCUT2D eigenvalue weighted by Gasteiger charge is 2.04. The Hall–Kier alpha value is -1.91. The van der Waals surface area contributed by atoms with Gasteiger partial charge in [0.15, 0.2) is 0 Å². The Morgan fingerprint density at radius 3 is 3.00 bits per heavy atom. The van der Waals surface area contributed by atoms with Crippen molar-refractivity contribution >= 4 is 5.97 Å². The van der Waals surface area contributed by atoms with Crippen molar-refractivity contribution in [1.29, 1.82) is 0 Å². The fourth-order valence-corrected chi connectivity index (χ4v) is 1.43. The summed E-state index contributed by atoms with van der Waals surface area (Å²) >= 11 is 0. The lowest BCUT2D eigenvalue weighted by atomic mass is 10.3. The van der Waals surface area contributed by atoms with Gasteiger partial charge in [-0.1, -0.05) is 0 Å². The fourth-order valence-electron chi connectivity index (χ4n) is 1.43. The lowest BCUT2D eigenvalue weighted by molar-refractivity contribution is -0.137. The third-order valence-corrected chi connectivity index (χ3v) is 2.18. The van der Waals surface area contributed by atoms with E-state index in [-0.39, 0.29) is 6.42 Å². The molecule has 5 heteroatoms. The van der Waals surface area contributed by atoms with Gasteiger partial charge in [-0.15, -0.1) is 0 Å². The zero-order chi connectivity index (χ0) is 10.7. The molecule has 2 heterocycles. The second-order valence-corrected chi connectivity index (χ2v) is 3.32. The van der Waals surface area contributed by atoms with Gasteiger partial charge in [-0.25, -0.2) is 9.97 Å². The maximum atomic E-state index is 10.3. The topological polar surface area (TPSA) is 68.0 Å². The van der Waals surface area contributed by atoms with E-state index < -0.39 is 5.97 Å². The van der Waals surface area contributed by atoms with E-state index in [4.69, 9.17) is 5.11 Å². The number of carboxylic acid groups (broad SMARTS) is 1. The largest absolute Gasteiger partial charge is 0.481 e. The van der Waals surface area contributed by atoms with Crippen molar-refractivity contribution in [3.05, 3.63) is 24.8 Å². The molecular formula is C10H11N3O2. The molecule has 0 saturated carbocycles. The van der Waals surface area contributed by atoms with Crippen LogP contribution in [0.4, 0.5) is 0 Å². The molecule has 5 nitrogen and oxygen atoms in total. The number of rotatable bonds is 4. The smallest absolute Gasteiger partial charge is 0.303 e. The highest BCUT2D eigenvalue weighted by atomic mass is 16.4. The Bertz CT molecular complexity index is 438. The number of carbonyl (C=O) groups is 1. The maximum Gasteiger partial charge on any atom is 0.303 e. The summed E-state index contributed by atoms with van der Waals surface area (Å²) in [4.78, 5) is 18.5. The van der Waals surface area contributed by atoms with Crippen molar-refractivity contribution in [1.82, 2.24) is 14.5 Å². The molecule has 0 unspecified atom stereocenters. The van der Waals surface area contributed by atoms with E-state index in [9.17, 15) is 4.79 Å². The Balaban J connectivity index is 2.03. The molecule has 0 aromatic carbocycles. The molecule has 0 bridgehead atoms. The average Bonchev–Trinajstić information content (AvgIpc) is 2.64. The normalized spacial score (nSPS) is 10.7. The molecule has 0 spiro atoms. The van der Waals surface area contributed by atoms with Crippen LogP contribution in [-0.2, 0) is 11.3 Å². The van der Waals surface area contributed by atoms with E-state index in [1.54, 1.807) is 0 Å². The standard InChI is InChI=1S/C10H11N3O2/c14-10(15)2-1-4-13-5-3-8-9(6-13)12-7-11-8/h3,5-7H,1-2,4H2,(H,14,15). The van der Waals surface area contributed by atoms with E-state index in [2.05, 4.69) is 9.97 Å². The van der Waals surface area contributed by atoms with E-state index in [1.807, 2.05) is 23.0 Å². The molecular weight excluding hydrogens is 194 g/mol. The lowest BCUT2D eigenvalue weighted by Crippen LogP contribution is -2.02. The van der Waals surface area contributed by atoms with Crippen molar-refractivity contribution in [3.8, 4) is 11.4 Å². The van der Waals surface area contributed by atoms with E-state index >= 15 is 0 Å². The van der Waals surface area contributed by atoms with Gasteiger partial charge in [0, 0.05) is 25.4 Å². The summed E-state index contributed by atoms with van der Waals surface area (Å²) in [7, 11) is 0. The minimum atomic E-state index is -0.759. The number of nitrogens with zero attached hydrogens (tertiary/aromatic N) is 3. The summed E-state index contributed by atoms with van der Waals surface area (Å²) in [5.74, 6) is -0.759. The second-order valence-electron chi connectivity index (χ2n) is 3.32. The number of hydrogen-bond acceptors (Lipinski definition) is 3. The molecule has 0 aromatic heterocycles. The van der Waals surface area contributed by atoms with Gasteiger partial charge in [-0.05, 0) is 12.5 Å². The minimum absolute atomic E-state index is 0.192. The molecule has 0 radical (unpaired) electrons. The maximum absolute atomic E-state index is 10.3. The monoisotopic (exact) mass is 205 g/mol. The molecule has 0 aliphatic carbocycles. The number of fused-ring (bicyclic) bond motifs is 1. The third-order valence-electron chi connectivity index (χ3n) is 2.18. The van der Waals surface area contributed by atoms with Crippen LogP contribution in [0.1, 0.15) is 12.8 Å². The first-order valence-corrected chi connectivity index (χ1v) is 4.74. The summed E-state index contributed by atoms with van der Waals surface area (Å²) in [5, 5.41) is 8.50. The van der Waals surface area contributed by atoms with E-state index in [0.717, 1.165) is 11.4 Å². The van der Waals surface area contributed by atoms with Gasteiger partial charge in [0.2, 0.25) is 0 Å². The summed E-state index contributed by atoms with van der Waals surface area (Å²) in [6, 6.07) is 1.88. The predicted molar refractivity (Wildman–Crippen MR) is 53.5 cm³/mol. The molecule has 0 fully saturated rings. The van der Waals surface area contributed by atoms with Gasteiger partial charge in [0.25, 0.3) is 0 Å². The molecule has 0 atom stereocenters. The number of carboxylic acids is 1. The first-order valence-electron chi connectivity index (χ1n) is 4.74. The van der Waals surface area contributed by atoms with Gasteiger partial charge in [0.1, 0.15) is 12.0 Å². The Morgan fingerprint density at radius 1 is 1.40 bits per heavy atom. The van der Waals surface area contributed by atoms with Crippen molar-refractivity contribution in [2.45, 2.75) is 19.4 Å². The Morgan fingerprint density at radius 2 is 2.20 bits per heavy atom. The quantitative estimate of drug-likeness (QED) is 0.815. The van der Waals surface area contributed by atoms with Gasteiger partial charge < -0.3 is 9.67 Å². The highest BCUT2D eigenvalue weighted by Crippen LogP contribution is 2.15. The summed E-state index contributed by atoms with van der Waals surface area (Å²) < 4.78 is 1.93. The van der Waals surface area contributed by atoms with Crippen LogP contribution in [-0.4, -0.2) is 25.6 Å². The van der Waals surface area contributed by atoms with Crippen LogP contribution < -0.4 is 0 Å². The van der Waals surface area contributed by atoms with Crippen LogP contribution in [0.5, 0.6) is 0 Å². The summed E-state index contributed by atoms with van der Waals surface area (Å²) in [6.07, 6.45) is 6.10. The second kappa shape index (κ2) is 4.08. The molecule has 15 heavy (non-hydrogen) atoms. The van der Waals surface area contributed by atoms with Crippen LogP contribution in [0.25, 0.3) is 11.4 Å². The Kier molecular flexibility index (Phi) is 2.62. The van der Waals surface area contributed by atoms with Crippen molar-refractivity contribution in [3.63, 3.8) is 0 Å². The molecule has 2 aliphatic heterocycles. The van der Waals surface area contributed by atoms with Gasteiger partial charge >= 0.3 is 5.97 Å². The molecule has 2 rings (SSSR count). The van der Waals surface area contributed by atoms with Crippen LogP contribution in [0, 0.1) is 0 Å². The fraction of sp³-hybridized carbons (Fsp3) is 0.300. The highest BCUT2D eigenvalue weighted by molar-refractivity contribution is 5.66. The van der Waals surface area contributed by atoms with E-state index in [1.165, 1.54) is 6.33 Å². The third kappa shape index (κ3) is 2.31. The summed E-state index contributed by atoms with van der Waals surface area (Å²) in [5.41, 5.74) is 1.71. The van der Waals surface area contributed by atoms with Gasteiger partial charge in [0.05, 0.1) is 5.69 Å². The molecule has 0 saturated heterocycles. The molecule has 0 amide bonds.